The third-order valence-electron chi connectivity index (χ3n) is 3.83. The number of rotatable bonds is 3. The highest BCUT2D eigenvalue weighted by atomic mass is 16.5. The molecule has 1 unspecified atom stereocenters. The summed E-state index contributed by atoms with van der Waals surface area (Å²) in [6.45, 7) is 4.11. The fourth-order valence-electron chi connectivity index (χ4n) is 2.76. The van der Waals surface area contributed by atoms with Crippen LogP contribution in [0.4, 0.5) is 11.4 Å². The Bertz CT molecular complexity index is 466. The van der Waals surface area contributed by atoms with Crippen molar-refractivity contribution >= 4 is 17.3 Å². The number of nitrogens with zero attached hydrogens (tertiary/aromatic N) is 1. The molecule has 0 radical (unpaired) electrons. The lowest BCUT2D eigenvalue weighted by Crippen LogP contribution is -2.45. The SMILES string of the molecule is O=C(Nc1ccccc1N1CCCC1)C1CNCCO1. The summed E-state index contributed by atoms with van der Waals surface area (Å²) < 4.78 is 5.49. The Balaban J connectivity index is 1.71. The second-order valence-corrected chi connectivity index (χ2v) is 5.26. The first-order chi connectivity index (χ1) is 9.84. The summed E-state index contributed by atoms with van der Waals surface area (Å²) in [4.78, 5) is 14.6. The maximum atomic E-state index is 12.2. The number of amides is 1. The predicted octanol–water partition coefficient (Wildman–Crippen LogP) is 1.21. The van der Waals surface area contributed by atoms with E-state index in [0.29, 0.717) is 13.2 Å². The second-order valence-electron chi connectivity index (χ2n) is 5.26. The molecule has 2 saturated heterocycles. The van der Waals surface area contributed by atoms with Crippen LogP contribution in [0, 0.1) is 0 Å². The molecule has 1 aromatic carbocycles. The van der Waals surface area contributed by atoms with Crippen molar-refractivity contribution in [3.05, 3.63) is 24.3 Å². The van der Waals surface area contributed by atoms with Gasteiger partial charge < -0.3 is 20.3 Å². The third kappa shape index (κ3) is 2.94. The molecule has 0 saturated carbocycles. The number of carbonyl (C=O) groups is 1. The van der Waals surface area contributed by atoms with E-state index in [9.17, 15) is 4.79 Å². The Kier molecular flexibility index (Phi) is 4.18. The lowest BCUT2D eigenvalue weighted by molar-refractivity contribution is -0.128. The first-order valence-electron chi connectivity index (χ1n) is 7.32. The minimum absolute atomic E-state index is 0.0659. The number of ether oxygens (including phenoxy) is 1. The molecule has 20 heavy (non-hydrogen) atoms. The summed E-state index contributed by atoms with van der Waals surface area (Å²) in [5.74, 6) is -0.0659. The van der Waals surface area contributed by atoms with Gasteiger partial charge in [0.15, 0.2) is 0 Å². The van der Waals surface area contributed by atoms with Gasteiger partial charge in [0, 0.05) is 26.2 Å². The number of para-hydroxylation sites is 2. The fraction of sp³-hybridized carbons (Fsp3) is 0.533. The van der Waals surface area contributed by atoms with Crippen molar-refractivity contribution in [1.29, 1.82) is 0 Å². The van der Waals surface area contributed by atoms with Gasteiger partial charge >= 0.3 is 0 Å². The van der Waals surface area contributed by atoms with E-state index in [1.807, 2.05) is 18.2 Å². The summed E-state index contributed by atoms with van der Waals surface area (Å²) in [6, 6.07) is 8.00. The summed E-state index contributed by atoms with van der Waals surface area (Å²) in [6.07, 6.45) is 2.05. The van der Waals surface area contributed by atoms with Crippen molar-refractivity contribution in [2.45, 2.75) is 18.9 Å². The van der Waals surface area contributed by atoms with Crippen LogP contribution in [0.1, 0.15) is 12.8 Å². The van der Waals surface area contributed by atoms with Crippen molar-refractivity contribution in [2.24, 2.45) is 0 Å². The molecule has 0 aliphatic carbocycles. The Labute approximate surface area is 119 Å². The van der Waals surface area contributed by atoms with Crippen molar-refractivity contribution in [3.63, 3.8) is 0 Å². The number of benzene rings is 1. The number of hydrogen-bond donors (Lipinski definition) is 2. The van der Waals surface area contributed by atoms with Crippen LogP contribution in [0.25, 0.3) is 0 Å². The van der Waals surface area contributed by atoms with Crippen LogP contribution in [0.5, 0.6) is 0 Å². The number of morpholine rings is 1. The molecule has 2 aliphatic heterocycles. The zero-order valence-corrected chi connectivity index (χ0v) is 11.6. The average Bonchev–Trinajstić information content (AvgIpc) is 3.03. The Morgan fingerprint density at radius 3 is 2.85 bits per heavy atom. The van der Waals surface area contributed by atoms with E-state index in [4.69, 9.17) is 4.74 Å². The van der Waals surface area contributed by atoms with Gasteiger partial charge in [0.2, 0.25) is 0 Å². The Morgan fingerprint density at radius 2 is 2.10 bits per heavy atom. The summed E-state index contributed by atoms with van der Waals surface area (Å²) in [5.41, 5.74) is 2.00. The molecule has 1 amide bonds. The van der Waals surface area contributed by atoms with Gasteiger partial charge in [0.1, 0.15) is 6.10 Å². The van der Waals surface area contributed by atoms with Crippen LogP contribution < -0.4 is 15.5 Å². The van der Waals surface area contributed by atoms with Crippen molar-refractivity contribution < 1.29 is 9.53 Å². The molecule has 1 atom stereocenters. The smallest absolute Gasteiger partial charge is 0.254 e. The molecule has 5 heteroatoms. The van der Waals surface area contributed by atoms with Crippen LogP contribution in [0.2, 0.25) is 0 Å². The van der Waals surface area contributed by atoms with Crippen molar-refractivity contribution in [2.75, 3.05) is 43.0 Å². The van der Waals surface area contributed by atoms with Gasteiger partial charge in [-0.15, -0.1) is 0 Å². The zero-order chi connectivity index (χ0) is 13.8. The van der Waals surface area contributed by atoms with Crippen LogP contribution in [0.15, 0.2) is 24.3 Å². The van der Waals surface area contributed by atoms with Gasteiger partial charge in [-0.2, -0.15) is 0 Å². The van der Waals surface area contributed by atoms with Gasteiger partial charge in [-0.3, -0.25) is 4.79 Å². The highest BCUT2D eigenvalue weighted by Crippen LogP contribution is 2.28. The summed E-state index contributed by atoms with van der Waals surface area (Å²) in [7, 11) is 0. The maximum absolute atomic E-state index is 12.2. The Hall–Kier alpha value is -1.59. The van der Waals surface area contributed by atoms with E-state index in [2.05, 4.69) is 21.6 Å². The lowest BCUT2D eigenvalue weighted by Gasteiger charge is -2.25. The molecule has 108 valence electrons. The monoisotopic (exact) mass is 275 g/mol. The average molecular weight is 275 g/mol. The molecule has 2 fully saturated rings. The minimum Gasteiger partial charge on any atom is -0.370 e. The van der Waals surface area contributed by atoms with Crippen molar-refractivity contribution in [3.8, 4) is 0 Å². The molecule has 5 nitrogen and oxygen atoms in total. The molecular weight excluding hydrogens is 254 g/mol. The molecule has 2 aliphatic rings. The topological polar surface area (TPSA) is 53.6 Å². The zero-order valence-electron chi connectivity index (χ0n) is 11.6. The van der Waals surface area contributed by atoms with Gasteiger partial charge in [-0.1, -0.05) is 12.1 Å². The molecule has 0 bridgehead atoms. The maximum Gasteiger partial charge on any atom is 0.254 e. The van der Waals surface area contributed by atoms with Crippen LogP contribution in [-0.4, -0.2) is 44.8 Å². The fourth-order valence-corrected chi connectivity index (χ4v) is 2.76. The van der Waals surface area contributed by atoms with Crippen molar-refractivity contribution in [1.82, 2.24) is 5.32 Å². The van der Waals surface area contributed by atoms with E-state index in [0.717, 1.165) is 31.0 Å². The van der Waals surface area contributed by atoms with E-state index >= 15 is 0 Å². The highest BCUT2D eigenvalue weighted by molar-refractivity contribution is 5.97. The summed E-state index contributed by atoms with van der Waals surface area (Å²) >= 11 is 0. The van der Waals surface area contributed by atoms with Gasteiger partial charge in [0.25, 0.3) is 5.91 Å². The standard InChI is InChI=1S/C15H21N3O2/c19-15(14-11-16-7-10-20-14)17-12-5-1-2-6-13(12)18-8-3-4-9-18/h1-2,5-6,14,16H,3-4,7-11H2,(H,17,19). The molecular formula is C15H21N3O2. The number of carbonyl (C=O) groups excluding carboxylic acids is 1. The normalized spacial score (nSPS) is 22.8. The minimum atomic E-state index is -0.393. The highest BCUT2D eigenvalue weighted by Gasteiger charge is 2.23. The molecule has 3 rings (SSSR count). The Morgan fingerprint density at radius 1 is 1.30 bits per heavy atom. The van der Waals surface area contributed by atoms with E-state index in [1.54, 1.807) is 0 Å². The predicted molar refractivity (Wildman–Crippen MR) is 79.1 cm³/mol. The molecule has 0 spiro atoms. The molecule has 1 aromatic rings. The van der Waals surface area contributed by atoms with Crippen LogP contribution in [0.3, 0.4) is 0 Å². The van der Waals surface area contributed by atoms with Gasteiger partial charge in [-0.25, -0.2) is 0 Å². The second kappa shape index (κ2) is 6.24. The molecule has 2 N–H and O–H groups in total. The molecule has 2 heterocycles. The number of nitrogens with one attached hydrogen (secondary N) is 2. The van der Waals surface area contributed by atoms with E-state index in [-0.39, 0.29) is 5.91 Å². The lowest BCUT2D eigenvalue weighted by atomic mass is 10.2. The first-order valence-corrected chi connectivity index (χ1v) is 7.32. The summed E-state index contributed by atoms with van der Waals surface area (Å²) in [5, 5.41) is 6.19. The largest absolute Gasteiger partial charge is 0.370 e. The van der Waals surface area contributed by atoms with Gasteiger partial charge in [0.05, 0.1) is 18.0 Å². The number of hydrogen-bond acceptors (Lipinski definition) is 4. The third-order valence-corrected chi connectivity index (χ3v) is 3.83. The number of anilines is 2. The first kappa shape index (κ1) is 13.4. The van der Waals surface area contributed by atoms with E-state index < -0.39 is 6.10 Å². The van der Waals surface area contributed by atoms with Crippen LogP contribution in [-0.2, 0) is 9.53 Å². The molecule has 0 aromatic heterocycles. The quantitative estimate of drug-likeness (QED) is 0.871. The van der Waals surface area contributed by atoms with Crippen LogP contribution >= 0.6 is 0 Å². The van der Waals surface area contributed by atoms with E-state index in [1.165, 1.54) is 12.8 Å². The van der Waals surface area contributed by atoms with Gasteiger partial charge in [-0.05, 0) is 25.0 Å².